The lowest BCUT2D eigenvalue weighted by atomic mass is 10.2. The number of hydrogen-bond donors (Lipinski definition) is 2. The molecule has 3 heterocycles. The molecule has 0 unspecified atom stereocenters. The maximum Gasteiger partial charge on any atom is 0.220 e. The highest BCUT2D eigenvalue weighted by molar-refractivity contribution is 7.18. The Morgan fingerprint density at radius 1 is 1.12 bits per heavy atom. The fourth-order valence-corrected chi connectivity index (χ4v) is 3.49. The Morgan fingerprint density at radius 3 is 2.81 bits per heavy atom. The maximum absolute atomic E-state index is 12.1. The van der Waals surface area contributed by atoms with E-state index in [1.54, 1.807) is 23.7 Å². The number of aryl methyl sites for hydroxylation is 1. The second-order valence-electron chi connectivity index (χ2n) is 5.69. The monoisotopic (exact) mass is 364 g/mol. The summed E-state index contributed by atoms with van der Waals surface area (Å²) in [6.07, 6.45) is 4.40. The minimum absolute atomic E-state index is 0.0360. The van der Waals surface area contributed by atoms with Crippen LogP contribution in [-0.2, 0) is 17.8 Å². The molecule has 4 rings (SSSR count). The second-order valence-corrected chi connectivity index (χ2v) is 6.81. The topological polar surface area (TPSA) is 96.5 Å². The van der Waals surface area contributed by atoms with E-state index in [2.05, 4.69) is 30.5 Å². The molecular weight excluding hydrogens is 348 g/mol. The minimum Gasteiger partial charge on any atom is -0.349 e. The number of benzene rings is 1. The van der Waals surface area contributed by atoms with Crippen molar-refractivity contribution in [1.29, 1.82) is 0 Å². The van der Waals surface area contributed by atoms with Crippen LogP contribution >= 0.6 is 11.3 Å². The highest BCUT2D eigenvalue weighted by atomic mass is 32.1. The van der Waals surface area contributed by atoms with Crippen LogP contribution in [0.4, 0.5) is 0 Å². The molecule has 0 saturated heterocycles. The number of fused-ring (bicyclic) bond motifs is 1. The molecule has 130 valence electrons. The Hall–Kier alpha value is -3.13. The largest absolute Gasteiger partial charge is 0.349 e. The zero-order chi connectivity index (χ0) is 17.8. The molecule has 2 N–H and O–H groups in total. The van der Waals surface area contributed by atoms with Crippen molar-refractivity contribution in [2.75, 3.05) is 0 Å². The number of hydrogen-bond acceptors (Lipinski definition) is 6. The molecule has 0 aliphatic heterocycles. The summed E-state index contributed by atoms with van der Waals surface area (Å²) >= 11 is 1.63. The Balaban J connectivity index is 1.29. The molecule has 4 aromatic rings. The van der Waals surface area contributed by atoms with Gasteiger partial charge in [-0.15, -0.1) is 11.3 Å². The Kier molecular flexibility index (Phi) is 4.65. The van der Waals surface area contributed by atoms with Crippen molar-refractivity contribution in [1.82, 2.24) is 30.5 Å². The molecule has 0 radical (unpaired) electrons. The summed E-state index contributed by atoms with van der Waals surface area (Å²) in [7, 11) is 0. The molecule has 26 heavy (non-hydrogen) atoms. The summed E-state index contributed by atoms with van der Waals surface area (Å²) < 4.78 is 1.15. The average Bonchev–Trinajstić information content (AvgIpc) is 3.32. The first-order valence-electron chi connectivity index (χ1n) is 8.21. The number of pyridine rings is 1. The number of carbonyl (C=O) groups is 1. The van der Waals surface area contributed by atoms with E-state index in [0.29, 0.717) is 31.0 Å². The number of thiazole rings is 1. The van der Waals surface area contributed by atoms with Crippen molar-refractivity contribution in [3.8, 4) is 11.4 Å². The summed E-state index contributed by atoms with van der Waals surface area (Å²) in [5, 5.41) is 10.8. The van der Waals surface area contributed by atoms with Gasteiger partial charge in [-0.1, -0.05) is 12.1 Å². The van der Waals surface area contributed by atoms with Gasteiger partial charge in [0.1, 0.15) is 5.82 Å². The first-order chi connectivity index (χ1) is 12.8. The zero-order valence-corrected chi connectivity index (χ0v) is 14.7. The van der Waals surface area contributed by atoms with Gasteiger partial charge in [-0.2, -0.15) is 5.10 Å². The number of rotatable bonds is 6. The van der Waals surface area contributed by atoms with E-state index < -0.39 is 0 Å². The Labute approximate surface area is 153 Å². The lowest BCUT2D eigenvalue weighted by molar-refractivity contribution is -0.121. The van der Waals surface area contributed by atoms with E-state index in [-0.39, 0.29) is 5.91 Å². The number of amides is 1. The quantitative estimate of drug-likeness (QED) is 0.548. The summed E-state index contributed by atoms with van der Waals surface area (Å²) in [6, 6.07) is 11.7. The van der Waals surface area contributed by atoms with Gasteiger partial charge in [-0.3, -0.25) is 14.9 Å². The van der Waals surface area contributed by atoms with Crippen molar-refractivity contribution in [3.63, 3.8) is 0 Å². The molecule has 8 heteroatoms. The minimum atomic E-state index is -0.0360. The predicted octanol–water partition coefficient (Wildman–Crippen LogP) is 2.73. The van der Waals surface area contributed by atoms with Gasteiger partial charge in [-0.05, 0) is 24.3 Å². The highest BCUT2D eigenvalue weighted by Crippen LogP contribution is 2.22. The molecule has 0 bridgehead atoms. The second kappa shape index (κ2) is 7.40. The molecule has 0 fully saturated rings. The van der Waals surface area contributed by atoms with Gasteiger partial charge in [0, 0.05) is 30.8 Å². The van der Waals surface area contributed by atoms with Crippen LogP contribution in [0.25, 0.3) is 21.6 Å². The molecule has 1 aromatic carbocycles. The van der Waals surface area contributed by atoms with Crippen LogP contribution in [0.5, 0.6) is 0 Å². The first kappa shape index (κ1) is 16.3. The van der Waals surface area contributed by atoms with Crippen LogP contribution in [0, 0.1) is 0 Å². The molecule has 0 aliphatic carbocycles. The number of aromatic nitrogens is 5. The number of carbonyl (C=O) groups excluding carboxylic acids is 1. The third kappa shape index (κ3) is 3.75. The van der Waals surface area contributed by atoms with Gasteiger partial charge in [0.2, 0.25) is 5.91 Å². The van der Waals surface area contributed by atoms with Crippen molar-refractivity contribution >= 4 is 27.5 Å². The van der Waals surface area contributed by atoms with Gasteiger partial charge in [0.25, 0.3) is 0 Å². The average molecular weight is 364 g/mol. The van der Waals surface area contributed by atoms with Gasteiger partial charge in [-0.25, -0.2) is 9.97 Å². The van der Waals surface area contributed by atoms with Crippen LogP contribution in [0.15, 0.2) is 48.8 Å². The molecule has 7 nitrogen and oxygen atoms in total. The van der Waals surface area contributed by atoms with E-state index in [9.17, 15) is 4.79 Å². The van der Waals surface area contributed by atoms with Crippen LogP contribution < -0.4 is 5.32 Å². The standard InChI is InChI=1S/C18H16N6OS/c25-16(5-6-17-21-13-3-1-2-4-14(13)26-17)20-11-15-22-18(24-23-15)12-7-9-19-10-8-12/h1-4,7-10H,5-6,11H2,(H,20,25)(H,22,23,24). The Bertz CT molecular complexity index is 993. The fraction of sp³-hybridized carbons (Fsp3) is 0.167. The smallest absolute Gasteiger partial charge is 0.220 e. The lowest BCUT2D eigenvalue weighted by Crippen LogP contribution is -2.23. The molecule has 3 aromatic heterocycles. The van der Waals surface area contributed by atoms with Crippen LogP contribution in [0.1, 0.15) is 17.3 Å². The van der Waals surface area contributed by atoms with Crippen molar-refractivity contribution in [2.24, 2.45) is 0 Å². The van der Waals surface area contributed by atoms with Gasteiger partial charge in [0.15, 0.2) is 5.82 Å². The van der Waals surface area contributed by atoms with E-state index in [4.69, 9.17) is 0 Å². The Morgan fingerprint density at radius 2 is 1.96 bits per heavy atom. The molecule has 0 saturated carbocycles. The number of aromatic amines is 1. The fourth-order valence-electron chi connectivity index (χ4n) is 2.52. The van der Waals surface area contributed by atoms with E-state index in [1.807, 2.05) is 36.4 Å². The lowest BCUT2D eigenvalue weighted by Gasteiger charge is -2.01. The van der Waals surface area contributed by atoms with Crippen LogP contribution in [0.3, 0.4) is 0 Å². The summed E-state index contributed by atoms with van der Waals surface area (Å²) in [6.45, 7) is 0.316. The van der Waals surface area contributed by atoms with E-state index >= 15 is 0 Å². The highest BCUT2D eigenvalue weighted by Gasteiger charge is 2.09. The summed E-state index contributed by atoms with van der Waals surface area (Å²) in [5.74, 6) is 1.17. The van der Waals surface area contributed by atoms with Gasteiger partial charge < -0.3 is 5.32 Å². The zero-order valence-electron chi connectivity index (χ0n) is 13.8. The van der Waals surface area contributed by atoms with Crippen LogP contribution in [-0.4, -0.2) is 31.1 Å². The van der Waals surface area contributed by atoms with Gasteiger partial charge >= 0.3 is 0 Å². The number of nitrogens with zero attached hydrogens (tertiary/aromatic N) is 4. The summed E-state index contributed by atoms with van der Waals surface area (Å²) in [5.41, 5.74) is 1.86. The molecule has 0 atom stereocenters. The molecule has 0 aliphatic rings. The van der Waals surface area contributed by atoms with Crippen LogP contribution in [0.2, 0.25) is 0 Å². The number of nitrogens with one attached hydrogen (secondary N) is 2. The number of H-pyrrole nitrogens is 1. The molecular formula is C18H16N6OS. The normalized spacial score (nSPS) is 10.9. The molecule has 1 amide bonds. The SMILES string of the molecule is O=C(CCc1nc2ccccc2s1)NCc1nc(-c2ccncc2)n[nH]1. The predicted molar refractivity (Wildman–Crippen MR) is 99.4 cm³/mol. The third-order valence-electron chi connectivity index (χ3n) is 3.83. The van der Waals surface area contributed by atoms with Gasteiger partial charge in [0.05, 0.1) is 21.8 Å². The van der Waals surface area contributed by atoms with Crippen molar-refractivity contribution in [2.45, 2.75) is 19.4 Å². The maximum atomic E-state index is 12.1. The van der Waals surface area contributed by atoms with Crippen molar-refractivity contribution in [3.05, 3.63) is 59.6 Å². The first-order valence-corrected chi connectivity index (χ1v) is 9.02. The summed E-state index contributed by atoms with van der Waals surface area (Å²) in [4.78, 5) is 25.0. The third-order valence-corrected chi connectivity index (χ3v) is 4.92. The van der Waals surface area contributed by atoms with E-state index in [1.165, 1.54) is 0 Å². The van der Waals surface area contributed by atoms with Crippen molar-refractivity contribution < 1.29 is 4.79 Å². The number of para-hydroxylation sites is 1. The molecule has 0 spiro atoms. The van der Waals surface area contributed by atoms with E-state index in [0.717, 1.165) is 20.8 Å².